The number of ether oxygens (including phenoxy) is 1. The van der Waals surface area contributed by atoms with Gasteiger partial charge in [0.15, 0.2) is 0 Å². The first-order chi connectivity index (χ1) is 8.69. The minimum Gasteiger partial charge on any atom is -0.480 e. The van der Waals surface area contributed by atoms with Crippen LogP contribution in [0.1, 0.15) is 33.6 Å². The van der Waals surface area contributed by atoms with E-state index < -0.39 is 11.6 Å². The predicted molar refractivity (Wildman–Crippen MR) is 71.1 cm³/mol. The van der Waals surface area contributed by atoms with E-state index in [4.69, 9.17) is 9.84 Å². The summed E-state index contributed by atoms with van der Waals surface area (Å²) in [4.78, 5) is 26.1. The Morgan fingerprint density at radius 2 is 2.05 bits per heavy atom. The number of hydrogen-bond donors (Lipinski definition) is 1. The normalized spacial score (nSPS) is 20.9. The van der Waals surface area contributed by atoms with Crippen LogP contribution in [0.4, 0.5) is 4.79 Å². The number of amides is 1. The van der Waals surface area contributed by atoms with Crippen LogP contribution in [-0.4, -0.2) is 65.3 Å². The molecule has 1 aliphatic rings. The fourth-order valence-corrected chi connectivity index (χ4v) is 2.17. The van der Waals surface area contributed by atoms with Gasteiger partial charge in [0.1, 0.15) is 5.60 Å². The lowest BCUT2D eigenvalue weighted by atomic mass is 10.0. The minimum atomic E-state index is -0.833. The molecule has 0 aromatic carbocycles. The number of likely N-dealkylation sites (N-methyl/N-ethyl adjacent to an activating group) is 1. The van der Waals surface area contributed by atoms with Crippen LogP contribution in [0.3, 0.4) is 0 Å². The largest absolute Gasteiger partial charge is 0.480 e. The van der Waals surface area contributed by atoms with Gasteiger partial charge >= 0.3 is 12.1 Å². The number of rotatable bonds is 3. The predicted octanol–water partition coefficient (Wildman–Crippen LogP) is 1.40. The molecule has 0 aromatic rings. The number of carboxylic acids is 1. The molecule has 19 heavy (non-hydrogen) atoms. The fraction of sp³-hybridized carbons (Fsp3) is 0.846. The number of aliphatic carboxylic acids is 1. The topological polar surface area (TPSA) is 70.1 Å². The zero-order valence-corrected chi connectivity index (χ0v) is 12.2. The first-order valence-electron chi connectivity index (χ1n) is 6.59. The summed E-state index contributed by atoms with van der Waals surface area (Å²) in [6.07, 6.45) is 1.42. The van der Waals surface area contributed by atoms with E-state index in [0.717, 1.165) is 19.4 Å². The molecule has 6 heteroatoms. The van der Waals surface area contributed by atoms with Crippen molar-refractivity contribution < 1.29 is 19.4 Å². The maximum atomic E-state index is 12.0. The summed E-state index contributed by atoms with van der Waals surface area (Å²) in [7, 11) is 1.71. The number of hydrogen-bond acceptors (Lipinski definition) is 4. The van der Waals surface area contributed by atoms with E-state index in [0.29, 0.717) is 6.54 Å². The number of carbonyl (C=O) groups is 2. The van der Waals surface area contributed by atoms with Crippen molar-refractivity contribution in [1.82, 2.24) is 9.80 Å². The van der Waals surface area contributed by atoms with Crippen LogP contribution in [0.25, 0.3) is 0 Å². The van der Waals surface area contributed by atoms with Gasteiger partial charge in [-0.15, -0.1) is 0 Å². The molecular weight excluding hydrogens is 248 g/mol. The molecule has 0 spiro atoms. The first kappa shape index (κ1) is 15.8. The third-order valence-corrected chi connectivity index (χ3v) is 3.07. The lowest BCUT2D eigenvalue weighted by Crippen LogP contribution is -2.50. The van der Waals surface area contributed by atoms with Gasteiger partial charge in [0.2, 0.25) is 0 Å². The molecule has 110 valence electrons. The number of carbonyl (C=O) groups excluding carboxylic acids is 1. The van der Waals surface area contributed by atoms with Crippen LogP contribution in [0, 0.1) is 0 Å². The standard InChI is InChI=1S/C13H24N2O4/c1-13(2,3)19-12(18)14(4)10-6-5-7-15(8-10)9-11(16)17/h10H,5-9H2,1-4H3,(H,16,17)/t10-/m1/s1. The van der Waals surface area contributed by atoms with Gasteiger partial charge in [0.25, 0.3) is 0 Å². The summed E-state index contributed by atoms with van der Waals surface area (Å²) < 4.78 is 5.32. The van der Waals surface area contributed by atoms with E-state index in [1.165, 1.54) is 0 Å². The highest BCUT2D eigenvalue weighted by atomic mass is 16.6. The van der Waals surface area contributed by atoms with Crippen LogP contribution >= 0.6 is 0 Å². The van der Waals surface area contributed by atoms with Crippen LogP contribution in [0.5, 0.6) is 0 Å². The van der Waals surface area contributed by atoms with Crippen molar-refractivity contribution in [1.29, 1.82) is 0 Å². The van der Waals surface area contributed by atoms with Gasteiger partial charge in [-0.3, -0.25) is 9.69 Å². The zero-order chi connectivity index (χ0) is 14.6. The molecule has 1 saturated heterocycles. The van der Waals surface area contributed by atoms with Gasteiger partial charge in [0.05, 0.1) is 6.54 Å². The summed E-state index contributed by atoms with van der Waals surface area (Å²) in [5.41, 5.74) is -0.513. The van der Waals surface area contributed by atoms with E-state index in [9.17, 15) is 9.59 Å². The highest BCUT2D eigenvalue weighted by Crippen LogP contribution is 2.17. The molecule has 0 unspecified atom stereocenters. The molecule has 1 amide bonds. The van der Waals surface area contributed by atoms with Gasteiger partial charge < -0.3 is 14.7 Å². The van der Waals surface area contributed by atoms with Crippen molar-refractivity contribution in [3.05, 3.63) is 0 Å². The Morgan fingerprint density at radius 1 is 1.42 bits per heavy atom. The fourth-order valence-electron chi connectivity index (χ4n) is 2.17. The number of likely N-dealkylation sites (tertiary alicyclic amines) is 1. The monoisotopic (exact) mass is 272 g/mol. The Balaban J connectivity index is 2.54. The molecule has 1 rings (SSSR count). The smallest absolute Gasteiger partial charge is 0.410 e. The van der Waals surface area contributed by atoms with E-state index in [1.54, 1.807) is 11.9 Å². The van der Waals surface area contributed by atoms with Crippen LogP contribution in [0.2, 0.25) is 0 Å². The summed E-state index contributed by atoms with van der Waals surface area (Å²) in [5.74, 6) is -0.833. The van der Waals surface area contributed by atoms with Gasteiger partial charge in [0, 0.05) is 19.6 Å². The molecular formula is C13H24N2O4. The minimum absolute atomic E-state index is 0.0166. The SMILES string of the molecule is CN(C(=O)OC(C)(C)C)[C@@H]1CCCN(CC(=O)O)C1. The lowest BCUT2D eigenvalue weighted by Gasteiger charge is -2.37. The Bertz CT molecular complexity index is 338. The molecule has 6 nitrogen and oxygen atoms in total. The molecule has 1 aliphatic heterocycles. The second-order valence-corrected chi connectivity index (χ2v) is 6.02. The van der Waals surface area contributed by atoms with E-state index in [2.05, 4.69) is 0 Å². The summed E-state index contributed by atoms with van der Waals surface area (Å²) >= 11 is 0. The van der Waals surface area contributed by atoms with Crippen LogP contribution < -0.4 is 0 Å². The molecule has 0 aromatic heterocycles. The molecule has 0 radical (unpaired) electrons. The highest BCUT2D eigenvalue weighted by molar-refractivity contribution is 5.69. The van der Waals surface area contributed by atoms with Gasteiger partial charge in [-0.05, 0) is 40.2 Å². The second-order valence-electron chi connectivity index (χ2n) is 6.02. The maximum Gasteiger partial charge on any atom is 0.410 e. The van der Waals surface area contributed by atoms with Crippen molar-refractivity contribution >= 4 is 12.1 Å². The summed E-state index contributed by atoms with van der Waals surface area (Å²) in [6.45, 7) is 6.87. The molecule has 1 fully saturated rings. The van der Waals surface area contributed by atoms with Crippen molar-refractivity contribution in [2.75, 3.05) is 26.7 Å². The van der Waals surface area contributed by atoms with Crippen molar-refractivity contribution in [2.45, 2.75) is 45.3 Å². The number of nitrogens with zero attached hydrogens (tertiary/aromatic N) is 2. The Hall–Kier alpha value is -1.30. The summed E-state index contributed by atoms with van der Waals surface area (Å²) in [6, 6.07) is 0.0166. The van der Waals surface area contributed by atoms with Crippen molar-refractivity contribution in [3.63, 3.8) is 0 Å². The maximum absolute atomic E-state index is 12.0. The number of carboxylic acid groups (broad SMARTS) is 1. The Morgan fingerprint density at radius 3 is 2.58 bits per heavy atom. The molecule has 0 saturated carbocycles. The van der Waals surface area contributed by atoms with Gasteiger partial charge in [-0.2, -0.15) is 0 Å². The average molecular weight is 272 g/mol. The average Bonchev–Trinajstić information content (AvgIpc) is 2.25. The van der Waals surface area contributed by atoms with Gasteiger partial charge in [-0.1, -0.05) is 0 Å². The molecule has 0 aliphatic carbocycles. The van der Waals surface area contributed by atoms with E-state index in [-0.39, 0.29) is 18.7 Å². The molecule has 1 N–H and O–H groups in total. The van der Waals surface area contributed by atoms with E-state index >= 15 is 0 Å². The summed E-state index contributed by atoms with van der Waals surface area (Å²) in [5, 5.41) is 8.81. The molecule has 1 heterocycles. The van der Waals surface area contributed by atoms with Crippen LogP contribution in [0.15, 0.2) is 0 Å². The quantitative estimate of drug-likeness (QED) is 0.841. The second kappa shape index (κ2) is 6.23. The van der Waals surface area contributed by atoms with Crippen molar-refractivity contribution in [2.24, 2.45) is 0 Å². The van der Waals surface area contributed by atoms with Gasteiger partial charge in [-0.25, -0.2) is 4.79 Å². The first-order valence-corrected chi connectivity index (χ1v) is 6.59. The lowest BCUT2D eigenvalue weighted by molar-refractivity contribution is -0.138. The third-order valence-electron chi connectivity index (χ3n) is 3.07. The van der Waals surface area contributed by atoms with Crippen LogP contribution in [-0.2, 0) is 9.53 Å². The third kappa shape index (κ3) is 5.46. The Kier molecular flexibility index (Phi) is 5.17. The highest BCUT2D eigenvalue weighted by Gasteiger charge is 2.29. The number of piperidine rings is 1. The van der Waals surface area contributed by atoms with E-state index in [1.807, 2.05) is 25.7 Å². The molecule has 0 bridgehead atoms. The molecule has 1 atom stereocenters. The zero-order valence-electron chi connectivity index (χ0n) is 12.2. The Labute approximate surface area is 114 Å². The van der Waals surface area contributed by atoms with Crippen molar-refractivity contribution in [3.8, 4) is 0 Å².